The van der Waals surface area contributed by atoms with Gasteiger partial charge in [0.25, 0.3) is 0 Å². The maximum absolute atomic E-state index is 4.27. The van der Waals surface area contributed by atoms with E-state index in [2.05, 4.69) is 48.4 Å². The summed E-state index contributed by atoms with van der Waals surface area (Å²) < 4.78 is 2.81. The van der Waals surface area contributed by atoms with Crippen molar-refractivity contribution in [2.45, 2.75) is 6.54 Å². The molecule has 0 saturated carbocycles. The molecule has 0 atom stereocenters. The monoisotopic (exact) mass is 317 g/mol. The number of rotatable bonds is 3. The Hall–Kier alpha value is -1.95. The summed E-state index contributed by atoms with van der Waals surface area (Å²) in [4.78, 5) is 8.48. The molecule has 96 valence electrons. The van der Waals surface area contributed by atoms with Gasteiger partial charge in [-0.25, -0.2) is 9.97 Å². The second kappa shape index (κ2) is 4.97. The van der Waals surface area contributed by atoms with Crippen LogP contribution in [0, 0.1) is 0 Å². The molecule has 0 bridgehead atoms. The number of anilines is 1. The van der Waals surface area contributed by atoms with Crippen LogP contribution < -0.4 is 5.32 Å². The molecule has 5 nitrogen and oxygen atoms in total. The van der Waals surface area contributed by atoms with Crippen molar-refractivity contribution in [1.82, 2.24) is 19.7 Å². The molecular weight excluding hydrogens is 306 g/mol. The fourth-order valence-corrected chi connectivity index (χ4v) is 2.16. The Bertz CT molecular complexity index is 705. The lowest BCUT2D eigenvalue weighted by atomic mass is 10.2. The molecule has 0 aliphatic rings. The van der Waals surface area contributed by atoms with Gasteiger partial charge in [-0.05, 0) is 17.7 Å². The Balaban J connectivity index is 1.83. The van der Waals surface area contributed by atoms with Gasteiger partial charge >= 0.3 is 0 Å². The highest BCUT2D eigenvalue weighted by Crippen LogP contribution is 2.18. The number of hydrogen-bond donors (Lipinski definition) is 1. The van der Waals surface area contributed by atoms with E-state index in [-0.39, 0.29) is 0 Å². The topological polar surface area (TPSA) is 55.6 Å². The first kappa shape index (κ1) is 12.1. The molecule has 0 saturated heterocycles. The lowest BCUT2D eigenvalue weighted by Gasteiger charge is -2.06. The first-order chi connectivity index (χ1) is 9.24. The summed E-state index contributed by atoms with van der Waals surface area (Å²) in [6, 6.07) is 8.19. The van der Waals surface area contributed by atoms with Gasteiger partial charge in [0, 0.05) is 18.1 Å². The number of aryl methyl sites for hydroxylation is 1. The van der Waals surface area contributed by atoms with Gasteiger partial charge in [0.15, 0.2) is 5.65 Å². The molecule has 19 heavy (non-hydrogen) atoms. The van der Waals surface area contributed by atoms with Crippen molar-refractivity contribution in [3.8, 4) is 0 Å². The predicted molar refractivity (Wildman–Crippen MR) is 77.8 cm³/mol. The fraction of sp³-hybridized carbons (Fsp3) is 0.154. The number of nitrogens with one attached hydrogen (secondary N) is 1. The van der Waals surface area contributed by atoms with Gasteiger partial charge < -0.3 is 5.32 Å². The minimum atomic E-state index is 0.717. The van der Waals surface area contributed by atoms with Gasteiger partial charge in [-0.1, -0.05) is 28.1 Å². The van der Waals surface area contributed by atoms with Crippen molar-refractivity contribution >= 4 is 32.8 Å². The summed E-state index contributed by atoms with van der Waals surface area (Å²) in [6.45, 7) is 0.717. The highest BCUT2D eigenvalue weighted by molar-refractivity contribution is 9.10. The minimum Gasteiger partial charge on any atom is -0.365 e. The van der Waals surface area contributed by atoms with E-state index in [1.54, 1.807) is 17.2 Å². The second-order valence-electron chi connectivity index (χ2n) is 4.21. The third-order valence-corrected chi connectivity index (χ3v) is 3.43. The van der Waals surface area contributed by atoms with Crippen LogP contribution in [0.25, 0.3) is 11.0 Å². The Kier molecular flexibility index (Phi) is 3.16. The molecule has 0 unspecified atom stereocenters. The van der Waals surface area contributed by atoms with Crippen molar-refractivity contribution in [2.75, 3.05) is 5.32 Å². The van der Waals surface area contributed by atoms with Crippen molar-refractivity contribution < 1.29 is 0 Å². The maximum Gasteiger partial charge on any atom is 0.163 e. The van der Waals surface area contributed by atoms with Crippen LogP contribution in [0.1, 0.15) is 5.56 Å². The second-order valence-corrected chi connectivity index (χ2v) is 5.12. The number of fused-ring (bicyclic) bond motifs is 1. The maximum atomic E-state index is 4.27. The van der Waals surface area contributed by atoms with Crippen LogP contribution in [-0.4, -0.2) is 19.7 Å². The van der Waals surface area contributed by atoms with Gasteiger partial charge in [0.1, 0.15) is 12.1 Å². The zero-order chi connectivity index (χ0) is 13.2. The third-order valence-electron chi connectivity index (χ3n) is 2.90. The van der Waals surface area contributed by atoms with Gasteiger partial charge in [-0.2, -0.15) is 5.10 Å². The SMILES string of the molecule is Cn1ncc2c(NCc3ccc(Br)cc3)ncnc21. The molecule has 3 aromatic rings. The van der Waals surface area contributed by atoms with Gasteiger partial charge in [0.2, 0.25) is 0 Å². The highest BCUT2D eigenvalue weighted by Gasteiger charge is 2.07. The van der Waals surface area contributed by atoms with E-state index in [0.717, 1.165) is 21.3 Å². The highest BCUT2D eigenvalue weighted by atomic mass is 79.9. The molecule has 3 rings (SSSR count). The van der Waals surface area contributed by atoms with Gasteiger partial charge in [0.05, 0.1) is 11.6 Å². The first-order valence-corrected chi connectivity index (χ1v) is 6.64. The van der Waals surface area contributed by atoms with E-state index in [1.165, 1.54) is 5.56 Å². The van der Waals surface area contributed by atoms with Gasteiger partial charge in [-0.3, -0.25) is 4.68 Å². The minimum absolute atomic E-state index is 0.717. The first-order valence-electron chi connectivity index (χ1n) is 5.85. The molecule has 0 spiro atoms. The summed E-state index contributed by atoms with van der Waals surface area (Å²) >= 11 is 3.42. The van der Waals surface area contributed by atoms with Crippen LogP contribution in [0.5, 0.6) is 0 Å². The van der Waals surface area contributed by atoms with E-state index >= 15 is 0 Å². The summed E-state index contributed by atoms with van der Waals surface area (Å²) in [5.74, 6) is 0.806. The number of aromatic nitrogens is 4. The average molecular weight is 318 g/mol. The number of halogens is 1. The number of nitrogens with zero attached hydrogens (tertiary/aromatic N) is 4. The number of hydrogen-bond acceptors (Lipinski definition) is 4. The van der Waals surface area contributed by atoms with Crippen molar-refractivity contribution in [3.05, 3.63) is 46.8 Å². The zero-order valence-electron chi connectivity index (χ0n) is 10.3. The quantitative estimate of drug-likeness (QED) is 0.807. The Morgan fingerprint density at radius 3 is 2.79 bits per heavy atom. The zero-order valence-corrected chi connectivity index (χ0v) is 11.9. The molecule has 1 N–H and O–H groups in total. The summed E-state index contributed by atoms with van der Waals surface area (Å²) in [5, 5.41) is 8.44. The molecule has 0 aliphatic heterocycles. The lowest BCUT2D eigenvalue weighted by Crippen LogP contribution is -2.02. The van der Waals surface area contributed by atoms with Gasteiger partial charge in [-0.15, -0.1) is 0 Å². The van der Waals surface area contributed by atoms with Crippen LogP contribution in [0.3, 0.4) is 0 Å². The number of benzene rings is 1. The van der Waals surface area contributed by atoms with Crippen molar-refractivity contribution in [1.29, 1.82) is 0 Å². The standard InChI is InChI=1S/C13H12BrN5/c1-19-13-11(7-18-19)12(16-8-17-13)15-6-9-2-4-10(14)5-3-9/h2-5,7-8H,6H2,1H3,(H,15,16,17). The molecule has 1 aromatic carbocycles. The molecule has 0 radical (unpaired) electrons. The van der Waals surface area contributed by atoms with E-state index in [0.29, 0.717) is 6.54 Å². The molecule has 0 amide bonds. The smallest absolute Gasteiger partial charge is 0.163 e. The van der Waals surface area contributed by atoms with E-state index in [4.69, 9.17) is 0 Å². The van der Waals surface area contributed by atoms with E-state index in [1.807, 2.05) is 19.2 Å². The third kappa shape index (κ3) is 2.44. The van der Waals surface area contributed by atoms with E-state index in [9.17, 15) is 0 Å². The van der Waals surface area contributed by atoms with Crippen LogP contribution in [-0.2, 0) is 13.6 Å². The summed E-state index contributed by atoms with van der Waals surface area (Å²) in [7, 11) is 1.87. The molecule has 2 aromatic heterocycles. The average Bonchev–Trinajstić information content (AvgIpc) is 2.81. The summed E-state index contributed by atoms with van der Waals surface area (Å²) in [6.07, 6.45) is 3.33. The Morgan fingerprint density at radius 1 is 1.21 bits per heavy atom. The van der Waals surface area contributed by atoms with E-state index < -0.39 is 0 Å². The van der Waals surface area contributed by atoms with Crippen LogP contribution in [0.2, 0.25) is 0 Å². The van der Waals surface area contributed by atoms with Crippen LogP contribution in [0.4, 0.5) is 5.82 Å². The Labute approximate surface area is 118 Å². The molecular formula is C13H12BrN5. The predicted octanol–water partition coefficient (Wildman–Crippen LogP) is 2.74. The lowest BCUT2D eigenvalue weighted by molar-refractivity contribution is 0.785. The molecule has 6 heteroatoms. The normalized spacial score (nSPS) is 10.8. The van der Waals surface area contributed by atoms with Crippen LogP contribution in [0.15, 0.2) is 41.3 Å². The largest absolute Gasteiger partial charge is 0.365 e. The molecule has 2 heterocycles. The molecule has 0 aliphatic carbocycles. The van der Waals surface area contributed by atoms with Crippen molar-refractivity contribution in [2.24, 2.45) is 7.05 Å². The Morgan fingerprint density at radius 2 is 2.00 bits per heavy atom. The molecule has 0 fully saturated rings. The summed E-state index contributed by atoms with van der Waals surface area (Å²) in [5.41, 5.74) is 2.02. The van der Waals surface area contributed by atoms with Crippen LogP contribution >= 0.6 is 15.9 Å². The van der Waals surface area contributed by atoms with Crippen molar-refractivity contribution in [3.63, 3.8) is 0 Å². The fourth-order valence-electron chi connectivity index (χ4n) is 1.89.